The van der Waals surface area contributed by atoms with E-state index in [1.54, 1.807) is 0 Å². The van der Waals surface area contributed by atoms with Gasteiger partial charge in [0.15, 0.2) is 0 Å². The molecule has 0 aliphatic carbocycles. The van der Waals surface area contributed by atoms with E-state index in [-0.39, 0.29) is 5.92 Å². The quantitative estimate of drug-likeness (QED) is 0.755. The normalized spacial score (nSPS) is 13.2. The molecule has 0 saturated carbocycles. The van der Waals surface area contributed by atoms with Gasteiger partial charge in [0, 0.05) is 12.5 Å². The van der Waals surface area contributed by atoms with Crippen LogP contribution in [0.25, 0.3) is 11.0 Å². The van der Waals surface area contributed by atoms with E-state index in [0.717, 1.165) is 17.3 Å². The predicted octanol–water partition coefficient (Wildman–Crippen LogP) is 3.31. The highest BCUT2D eigenvalue weighted by Crippen LogP contribution is 2.24. The van der Waals surface area contributed by atoms with Crippen molar-refractivity contribution in [2.24, 2.45) is 0 Å². The first kappa shape index (κ1) is 11.8. The molecule has 0 amide bonds. The van der Waals surface area contributed by atoms with Crippen LogP contribution in [0.1, 0.15) is 44.7 Å². The maximum atomic E-state index is 10.5. The third-order valence-corrected chi connectivity index (χ3v) is 3.17. The van der Waals surface area contributed by atoms with Crippen molar-refractivity contribution in [3.63, 3.8) is 0 Å². The zero-order chi connectivity index (χ0) is 12.4. The van der Waals surface area contributed by atoms with Gasteiger partial charge >= 0.3 is 0 Å². The van der Waals surface area contributed by atoms with Crippen molar-refractivity contribution < 1.29 is 4.79 Å². The molecule has 2 aromatic rings. The molecule has 0 fully saturated rings. The number of aldehydes is 1. The summed E-state index contributed by atoms with van der Waals surface area (Å²) < 4.78 is 2.16. The fourth-order valence-corrected chi connectivity index (χ4v) is 2.05. The number of aromatic nitrogens is 2. The molecule has 0 N–H and O–H groups in total. The van der Waals surface area contributed by atoms with Gasteiger partial charge in [0.2, 0.25) is 0 Å². The van der Waals surface area contributed by atoms with Gasteiger partial charge in [-0.25, -0.2) is 4.98 Å². The highest BCUT2D eigenvalue weighted by atomic mass is 16.1. The Labute approximate surface area is 101 Å². The van der Waals surface area contributed by atoms with Crippen LogP contribution in [-0.4, -0.2) is 15.8 Å². The zero-order valence-electron chi connectivity index (χ0n) is 10.6. The molecular formula is C14H18N2O. The fraction of sp³-hybridized carbons (Fsp3) is 0.429. The lowest BCUT2D eigenvalue weighted by atomic mass is 9.98. The van der Waals surface area contributed by atoms with Crippen molar-refractivity contribution in [3.05, 3.63) is 30.1 Å². The molecule has 0 spiro atoms. The predicted molar refractivity (Wildman–Crippen MR) is 69.2 cm³/mol. The summed E-state index contributed by atoms with van der Waals surface area (Å²) in [5, 5.41) is 0. The molecule has 1 aromatic heterocycles. The summed E-state index contributed by atoms with van der Waals surface area (Å²) in [5.74, 6) is 0.265. The number of hydrogen-bond acceptors (Lipinski definition) is 2. The van der Waals surface area contributed by atoms with Crippen LogP contribution in [0.4, 0.5) is 0 Å². The molecule has 0 bridgehead atoms. The highest BCUT2D eigenvalue weighted by molar-refractivity contribution is 5.76. The molecule has 3 heteroatoms. The average molecular weight is 230 g/mol. The van der Waals surface area contributed by atoms with Gasteiger partial charge in [0.1, 0.15) is 6.29 Å². The number of benzene rings is 1. The molecule has 1 aromatic carbocycles. The first-order valence-electron chi connectivity index (χ1n) is 6.03. The van der Waals surface area contributed by atoms with Crippen molar-refractivity contribution in [2.75, 3.05) is 0 Å². The van der Waals surface area contributed by atoms with E-state index in [1.165, 1.54) is 5.56 Å². The lowest BCUT2D eigenvalue weighted by molar-refractivity contribution is -0.108. The van der Waals surface area contributed by atoms with Gasteiger partial charge in [-0.05, 0) is 37.5 Å². The van der Waals surface area contributed by atoms with Crippen LogP contribution in [0.2, 0.25) is 0 Å². The van der Waals surface area contributed by atoms with Crippen molar-refractivity contribution >= 4 is 17.3 Å². The fourth-order valence-electron chi connectivity index (χ4n) is 2.05. The van der Waals surface area contributed by atoms with Gasteiger partial charge in [-0.15, -0.1) is 0 Å². The average Bonchev–Trinajstić information content (AvgIpc) is 2.71. The SMILES string of the molecule is CC(CC=O)c1ccc2c(c1)ncn2C(C)C. The zero-order valence-corrected chi connectivity index (χ0v) is 10.6. The van der Waals surface area contributed by atoms with Crippen LogP contribution in [-0.2, 0) is 4.79 Å². The van der Waals surface area contributed by atoms with E-state index in [2.05, 4.69) is 48.5 Å². The third kappa shape index (κ3) is 2.23. The Bertz CT molecular complexity index is 528. The summed E-state index contributed by atoms with van der Waals surface area (Å²) in [6.45, 7) is 6.35. The van der Waals surface area contributed by atoms with Crippen molar-refractivity contribution in [1.29, 1.82) is 0 Å². The Morgan fingerprint density at radius 1 is 1.35 bits per heavy atom. The van der Waals surface area contributed by atoms with E-state index in [9.17, 15) is 4.79 Å². The Kier molecular flexibility index (Phi) is 3.27. The number of rotatable bonds is 4. The van der Waals surface area contributed by atoms with Crippen LogP contribution in [0.15, 0.2) is 24.5 Å². The summed E-state index contributed by atoms with van der Waals surface area (Å²) in [6, 6.07) is 6.69. The molecule has 1 atom stereocenters. The highest BCUT2D eigenvalue weighted by Gasteiger charge is 2.09. The maximum absolute atomic E-state index is 10.5. The largest absolute Gasteiger partial charge is 0.328 e. The van der Waals surface area contributed by atoms with Gasteiger partial charge in [0.25, 0.3) is 0 Å². The summed E-state index contributed by atoms with van der Waals surface area (Å²) in [7, 11) is 0. The van der Waals surface area contributed by atoms with E-state index in [4.69, 9.17) is 0 Å². The van der Waals surface area contributed by atoms with Gasteiger partial charge in [-0.2, -0.15) is 0 Å². The van der Waals surface area contributed by atoms with E-state index in [0.29, 0.717) is 12.5 Å². The molecule has 1 heterocycles. The monoisotopic (exact) mass is 230 g/mol. The second kappa shape index (κ2) is 4.70. The van der Waals surface area contributed by atoms with E-state index < -0.39 is 0 Å². The number of carbonyl (C=O) groups excluding carboxylic acids is 1. The summed E-state index contributed by atoms with van der Waals surface area (Å²) in [4.78, 5) is 14.9. The van der Waals surface area contributed by atoms with Crippen molar-refractivity contribution in [1.82, 2.24) is 9.55 Å². The van der Waals surface area contributed by atoms with Crippen LogP contribution >= 0.6 is 0 Å². The van der Waals surface area contributed by atoms with E-state index in [1.807, 2.05) is 6.33 Å². The number of fused-ring (bicyclic) bond motifs is 1. The van der Waals surface area contributed by atoms with Crippen LogP contribution in [0.3, 0.4) is 0 Å². The standard InChI is InChI=1S/C14H18N2O/c1-10(2)16-9-15-13-8-12(4-5-14(13)16)11(3)6-7-17/h4-5,7-11H,6H2,1-3H3. The Morgan fingerprint density at radius 2 is 2.12 bits per heavy atom. The first-order chi connectivity index (χ1) is 8.13. The molecule has 3 nitrogen and oxygen atoms in total. The summed E-state index contributed by atoms with van der Waals surface area (Å²) >= 11 is 0. The minimum Gasteiger partial charge on any atom is -0.328 e. The van der Waals surface area contributed by atoms with Crippen LogP contribution < -0.4 is 0 Å². The second-order valence-electron chi connectivity index (χ2n) is 4.80. The molecule has 17 heavy (non-hydrogen) atoms. The molecule has 0 aliphatic heterocycles. The van der Waals surface area contributed by atoms with Gasteiger partial charge in [-0.3, -0.25) is 0 Å². The molecular weight excluding hydrogens is 212 g/mol. The number of imidazole rings is 1. The molecule has 1 unspecified atom stereocenters. The minimum atomic E-state index is 0.265. The van der Waals surface area contributed by atoms with Crippen LogP contribution in [0.5, 0.6) is 0 Å². The number of hydrogen-bond donors (Lipinski definition) is 0. The minimum absolute atomic E-state index is 0.265. The molecule has 0 radical (unpaired) electrons. The van der Waals surface area contributed by atoms with Gasteiger partial charge in [-0.1, -0.05) is 13.0 Å². The Morgan fingerprint density at radius 3 is 2.76 bits per heavy atom. The summed E-state index contributed by atoms with van der Waals surface area (Å²) in [6.07, 6.45) is 3.42. The lowest BCUT2D eigenvalue weighted by Crippen LogP contribution is -1.98. The van der Waals surface area contributed by atoms with Gasteiger partial charge < -0.3 is 9.36 Å². The van der Waals surface area contributed by atoms with Crippen molar-refractivity contribution in [3.8, 4) is 0 Å². The molecule has 2 rings (SSSR count). The maximum Gasteiger partial charge on any atom is 0.120 e. The third-order valence-electron chi connectivity index (χ3n) is 3.17. The first-order valence-corrected chi connectivity index (χ1v) is 6.03. The molecule has 0 aliphatic rings. The number of carbonyl (C=O) groups is 1. The summed E-state index contributed by atoms with van der Waals surface area (Å²) in [5.41, 5.74) is 3.34. The molecule has 0 saturated heterocycles. The number of nitrogens with zero attached hydrogens (tertiary/aromatic N) is 2. The van der Waals surface area contributed by atoms with Crippen molar-refractivity contribution in [2.45, 2.75) is 39.2 Å². The Hall–Kier alpha value is -1.64. The molecule has 90 valence electrons. The smallest absolute Gasteiger partial charge is 0.120 e. The topological polar surface area (TPSA) is 34.9 Å². The van der Waals surface area contributed by atoms with Gasteiger partial charge in [0.05, 0.1) is 17.4 Å². The lowest BCUT2D eigenvalue weighted by Gasteiger charge is -2.10. The Balaban J connectivity index is 2.42. The second-order valence-corrected chi connectivity index (χ2v) is 4.80. The van der Waals surface area contributed by atoms with Crippen LogP contribution in [0, 0.1) is 0 Å². The van der Waals surface area contributed by atoms with E-state index >= 15 is 0 Å².